The van der Waals surface area contributed by atoms with Crippen LogP contribution in [0.25, 0.3) is 0 Å². The number of amides is 2. The summed E-state index contributed by atoms with van der Waals surface area (Å²) in [6, 6.07) is 15.9. The minimum absolute atomic E-state index is 0.0266. The van der Waals surface area contributed by atoms with E-state index in [9.17, 15) is 9.90 Å². The third kappa shape index (κ3) is 4.44. The molecule has 2 atom stereocenters. The number of rotatable bonds is 5. The predicted molar refractivity (Wildman–Crippen MR) is 96.8 cm³/mol. The summed E-state index contributed by atoms with van der Waals surface area (Å²) >= 11 is 5.84. The van der Waals surface area contributed by atoms with Crippen LogP contribution in [0.4, 0.5) is 4.79 Å². The van der Waals surface area contributed by atoms with Crippen LogP contribution in [-0.2, 0) is 0 Å². The molecule has 6 heteroatoms. The highest BCUT2D eigenvalue weighted by Crippen LogP contribution is 2.21. The lowest BCUT2D eigenvalue weighted by Gasteiger charge is -2.39. The van der Waals surface area contributed by atoms with Crippen molar-refractivity contribution in [2.75, 3.05) is 13.1 Å². The molecule has 5 nitrogen and oxygen atoms in total. The molecule has 2 N–H and O–H groups in total. The number of hydrogen-bond acceptors (Lipinski definition) is 3. The van der Waals surface area contributed by atoms with Gasteiger partial charge in [0.1, 0.15) is 11.9 Å². The Morgan fingerprint density at radius 3 is 2.48 bits per heavy atom. The molecular formula is C19H21ClN2O3. The first-order valence-electron chi connectivity index (χ1n) is 8.23. The Balaban J connectivity index is 1.45. The molecule has 1 fully saturated rings. The van der Waals surface area contributed by atoms with Gasteiger partial charge in [0.05, 0.1) is 25.2 Å². The largest absolute Gasteiger partial charge is 0.487 e. The Labute approximate surface area is 152 Å². The van der Waals surface area contributed by atoms with Gasteiger partial charge in [0.15, 0.2) is 0 Å². The minimum atomic E-state index is -0.743. The highest BCUT2D eigenvalue weighted by atomic mass is 35.5. The molecule has 0 radical (unpaired) electrons. The molecule has 0 spiro atoms. The number of hydrogen-bond donors (Lipinski definition) is 2. The number of ether oxygens (including phenoxy) is 1. The lowest BCUT2D eigenvalue weighted by atomic mass is 10.0. The van der Waals surface area contributed by atoms with Crippen molar-refractivity contribution in [2.24, 2.45) is 0 Å². The van der Waals surface area contributed by atoms with Gasteiger partial charge in [-0.1, -0.05) is 41.9 Å². The number of likely N-dealkylation sites (tertiary alicyclic amines) is 1. The highest BCUT2D eigenvalue weighted by Gasteiger charge is 2.33. The molecule has 0 saturated carbocycles. The van der Waals surface area contributed by atoms with Crippen LogP contribution in [0.2, 0.25) is 5.02 Å². The van der Waals surface area contributed by atoms with E-state index in [0.717, 1.165) is 11.3 Å². The van der Waals surface area contributed by atoms with Gasteiger partial charge in [-0.2, -0.15) is 0 Å². The number of urea groups is 1. The van der Waals surface area contributed by atoms with Gasteiger partial charge in [-0.15, -0.1) is 0 Å². The second-order valence-electron chi connectivity index (χ2n) is 6.19. The Morgan fingerprint density at radius 2 is 1.84 bits per heavy atom. The fraction of sp³-hybridized carbons (Fsp3) is 0.316. The highest BCUT2D eigenvalue weighted by molar-refractivity contribution is 6.30. The number of aliphatic hydroxyl groups is 1. The summed E-state index contributed by atoms with van der Waals surface area (Å²) in [5, 5.41) is 13.8. The van der Waals surface area contributed by atoms with E-state index in [-0.39, 0.29) is 18.2 Å². The molecule has 2 amide bonds. The van der Waals surface area contributed by atoms with Crippen molar-refractivity contribution in [1.29, 1.82) is 0 Å². The molecule has 1 heterocycles. The van der Waals surface area contributed by atoms with Crippen LogP contribution in [0.5, 0.6) is 5.75 Å². The monoisotopic (exact) mass is 360 g/mol. The van der Waals surface area contributed by atoms with Gasteiger partial charge < -0.3 is 20.1 Å². The van der Waals surface area contributed by atoms with E-state index in [2.05, 4.69) is 5.32 Å². The molecule has 2 aromatic carbocycles. The van der Waals surface area contributed by atoms with Crippen molar-refractivity contribution in [3.05, 3.63) is 65.2 Å². The molecule has 2 aromatic rings. The normalized spacial score (nSPS) is 16.7. The smallest absolute Gasteiger partial charge is 0.317 e. The maximum Gasteiger partial charge on any atom is 0.317 e. The van der Waals surface area contributed by atoms with Crippen LogP contribution in [0.3, 0.4) is 0 Å². The first-order valence-corrected chi connectivity index (χ1v) is 8.61. The first kappa shape index (κ1) is 17.6. The molecule has 0 bridgehead atoms. The lowest BCUT2D eigenvalue weighted by Crippen LogP contribution is -2.60. The number of carbonyl (C=O) groups excluding carboxylic acids is 1. The zero-order chi connectivity index (χ0) is 17.8. The van der Waals surface area contributed by atoms with Crippen LogP contribution in [0.1, 0.15) is 18.6 Å². The number of nitrogens with one attached hydrogen (secondary N) is 1. The molecule has 1 saturated heterocycles. The summed E-state index contributed by atoms with van der Waals surface area (Å²) in [5.41, 5.74) is 0.780. The van der Waals surface area contributed by atoms with Crippen molar-refractivity contribution < 1.29 is 14.6 Å². The molecule has 25 heavy (non-hydrogen) atoms. The fourth-order valence-electron chi connectivity index (χ4n) is 2.69. The quantitative estimate of drug-likeness (QED) is 0.860. The molecule has 3 rings (SSSR count). The average molecular weight is 361 g/mol. The van der Waals surface area contributed by atoms with Crippen LogP contribution >= 0.6 is 11.6 Å². The Bertz CT molecular complexity index is 702. The van der Waals surface area contributed by atoms with Gasteiger partial charge in [-0.05, 0) is 36.8 Å². The summed E-state index contributed by atoms with van der Waals surface area (Å²) in [4.78, 5) is 13.9. The number of aliphatic hydroxyl groups excluding tert-OH is 1. The van der Waals surface area contributed by atoms with E-state index < -0.39 is 6.10 Å². The maximum atomic E-state index is 12.2. The van der Waals surface area contributed by atoms with Gasteiger partial charge in [0.2, 0.25) is 0 Å². The summed E-state index contributed by atoms with van der Waals surface area (Å²) in [6.45, 7) is 2.82. The summed E-state index contributed by atoms with van der Waals surface area (Å²) in [7, 11) is 0. The molecular weight excluding hydrogens is 340 g/mol. The molecule has 0 unspecified atom stereocenters. The van der Waals surface area contributed by atoms with E-state index in [1.54, 1.807) is 24.0 Å². The second-order valence-corrected chi connectivity index (χ2v) is 6.63. The molecule has 1 aliphatic rings. The van der Waals surface area contributed by atoms with Crippen molar-refractivity contribution in [2.45, 2.75) is 25.2 Å². The van der Waals surface area contributed by atoms with Crippen LogP contribution in [0, 0.1) is 0 Å². The summed E-state index contributed by atoms with van der Waals surface area (Å²) in [5.74, 6) is 0.738. The van der Waals surface area contributed by atoms with E-state index in [4.69, 9.17) is 16.3 Å². The van der Waals surface area contributed by atoms with Crippen LogP contribution in [0.15, 0.2) is 54.6 Å². The SMILES string of the molecule is C[C@H](NC(=O)N1CC(Oc2ccc(Cl)cc2)C1)[C@H](O)c1ccccc1. The van der Waals surface area contributed by atoms with Crippen molar-refractivity contribution >= 4 is 17.6 Å². The standard InChI is InChI=1S/C19H21ClN2O3/c1-13(18(23)14-5-3-2-4-6-14)21-19(24)22-11-17(12-22)25-16-9-7-15(20)8-10-16/h2-10,13,17-18,23H,11-12H2,1H3,(H,21,24)/t13-,18-/m0/s1. The van der Waals surface area contributed by atoms with E-state index in [0.29, 0.717) is 18.1 Å². The zero-order valence-electron chi connectivity index (χ0n) is 13.9. The number of carbonyl (C=O) groups is 1. The van der Waals surface area contributed by atoms with E-state index >= 15 is 0 Å². The minimum Gasteiger partial charge on any atom is -0.487 e. The Hall–Kier alpha value is -2.24. The van der Waals surface area contributed by atoms with Gasteiger partial charge in [-0.25, -0.2) is 4.79 Å². The third-order valence-corrected chi connectivity index (χ3v) is 4.47. The number of nitrogens with zero attached hydrogens (tertiary/aromatic N) is 1. The van der Waals surface area contributed by atoms with Crippen molar-refractivity contribution in [3.8, 4) is 5.75 Å². The lowest BCUT2D eigenvalue weighted by molar-refractivity contribution is 0.0404. The predicted octanol–water partition coefficient (Wildman–Crippen LogP) is 3.23. The maximum absolute atomic E-state index is 12.2. The van der Waals surface area contributed by atoms with Gasteiger partial charge in [-0.3, -0.25) is 0 Å². The average Bonchev–Trinajstić information content (AvgIpc) is 2.59. The fourth-order valence-corrected chi connectivity index (χ4v) is 2.81. The molecule has 0 aliphatic carbocycles. The summed E-state index contributed by atoms with van der Waals surface area (Å²) < 4.78 is 5.78. The topological polar surface area (TPSA) is 61.8 Å². The van der Waals surface area contributed by atoms with Gasteiger partial charge in [0, 0.05) is 5.02 Å². The third-order valence-electron chi connectivity index (χ3n) is 4.22. The first-order chi connectivity index (χ1) is 12.0. The molecule has 132 valence electrons. The van der Waals surface area contributed by atoms with Crippen LogP contribution in [-0.4, -0.2) is 41.3 Å². The van der Waals surface area contributed by atoms with Gasteiger partial charge in [0.25, 0.3) is 0 Å². The van der Waals surface area contributed by atoms with Crippen LogP contribution < -0.4 is 10.1 Å². The number of halogens is 1. The molecule has 1 aliphatic heterocycles. The Morgan fingerprint density at radius 1 is 1.20 bits per heavy atom. The summed E-state index contributed by atoms with van der Waals surface area (Å²) in [6.07, 6.45) is -0.770. The number of benzene rings is 2. The van der Waals surface area contributed by atoms with E-state index in [1.165, 1.54) is 0 Å². The molecule has 0 aromatic heterocycles. The van der Waals surface area contributed by atoms with Gasteiger partial charge >= 0.3 is 6.03 Å². The zero-order valence-corrected chi connectivity index (χ0v) is 14.7. The van der Waals surface area contributed by atoms with E-state index in [1.807, 2.05) is 42.5 Å². The Kier molecular flexibility index (Phi) is 5.46. The van der Waals surface area contributed by atoms with Crippen molar-refractivity contribution in [3.63, 3.8) is 0 Å². The van der Waals surface area contributed by atoms with Crippen molar-refractivity contribution in [1.82, 2.24) is 10.2 Å². The second kappa shape index (κ2) is 7.76.